The van der Waals surface area contributed by atoms with Crippen LogP contribution in [-0.2, 0) is 0 Å². The molecule has 0 bridgehead atoms. The summed E-state index contributed by atoms with van der Waals surface area (Å²) in [4.78, 5) is 18.0. The number of hydrogen-bond acceptors (Lipinski definition) is 6. The van der Waals surface area contributed by atoms with Gasteiger partial charge in [0, 0.05) is 5.56 Å². The van der Waals surface area contributed by atoms with Gasteiger partial charge in [0.15, 0.2) is 0 Å². The smallest absolute Gasteiger partial charge is 0.314 e. The number of nitro groups is 1. The number of para-hydroxylation sites is 1. The minimum atomic E-state index is -0.525. The van der Waals surface area contributed by atoms with Crippen molar-refractivity contribution in [2.45, 2.75) is 6.92 Å². The molecule has 1 heterocycles. The lowest BCUT2D eigenvalue weighted by molar-refractivity contribution is -0.386. The van der Waals surface area contributed by atoms with E-state index in [-0.39, 0.29) is 28.2 Å². The van der Waals surface area contributed by atoms with Gasteiger partial charge >= 0.3 is 5.69 Å². The maximum Gasteiger partial charge on any atom is 0.314 e. The van der Waals surface area contributed by atoms with E-state index < -0.39 is 4.92 Å². The van der Waals surface area contributed by atoms with Gasteiger partial charge in [-0.1, -0.05) is 23.7 Å². The van der Waals surface area contributed by atoms with Gasteiger partial charge in [0.1, 0.15) is 17.2 Å². The lowest BCUT2D eigenvalue weighted by Crippen LogP contribution is -1.99. The highest BCUT2D eigenvalue weighted by Crippen LogP contribution is 2.36. The topological polar surface area (TPSA) is 104 Å². The largest absolute Gasteiger partial charge is 0.430 e. The summed E-state index contributed by atoms with van der Waals surface area (Å²) < 4.78 is 5.36. The number of nitrogen functional groups attached to an aromatic ring is 1. The minimum absolute atomic E-state index is 0.0123. The number of nitrogens with zero attached hydrogens (tertiary/aromatic N) is 3. The van der Waals surface area contributed by atoms with Gasteiger partial charge in [-0.25, -0.2) is 4.98 Å². The van der Waals surface area contributed by atoms with E-state index in [9.17, 15) is 10.1 Å². The maximum absolute atomic E-state index is 11.0. The van der Waals surface area contributed by atoms with Crippen molar-refractivity contribution in [3.63, 3.8) is 0 Å². The molecule has 0 radical (unpaired) electrons. The Bertz CT molecular complexity index is 648. The van der Waals surface area contributed by atoms with E-state index in [1.54, 1.807) is 19.1 Å². The van der Waals surface area contributed by atoms with Crippen molar-refractivity contribution < 1.29 is 9.66 Å². The number of anilines is 1. The van der Waals surface area contributed by atoms with Crippen LogP contribution in [0.4, 0.5) is 11.5 Å². The molecule has 7 nitrogen and oxygen atoms in total. The first-order valence-electron chi connectivity index (χ1n) is 5.18. The first kappa shape index (κ1) is 13.0. The Morgan fingerprint density at radius 2 is 2.16 bits per heavy atom. The summed E-state index contributed by atoms with van der Waals surface area (Å²) in [5.41, 5.74) is 5.84. The molecule has 0 aliphatic heterocycles. The highest BCUT2D eigenvalue weighted by atomic mass is 35.5. The lowest BCUT2D eigenvalue weighted by Gasteiger charge is -2.08. The van der Waals surface area contributed by atoms with Crippen molar-refractivity contribution in [2.24, 2.45) is 0 Å². The number of halogens is 1. The van der Waals surface area contributed by atoms with Crippen molar-refractivity contribution in [1.29, 1.82) is 0 Å². The quantitative estimate of drug-likeness (QED) is 0.684. The van der Waals surface area contributed by atoms with Gasteiger partial charge in [-0.3, -0.25) is 10.1 Å². The van der Waals surface area contributed by atoms with Crippen molar-refractivity contribution >= 4 is 23.1 Å². The van der Waals surface area contributed by atoms with E-state index in [0.29, 0.717) is 5.56 Å². The van der Waals surface area contributed by atoms with Crippen molar-refractivity contribution in [1.82, 2.24) is 9.97 Å². The van der Waals surface area contributed by atoms with E-state index in [1.165, 1.54) is 6.07 Å². The van der Waals surface area contributed by atoms with Gasteiger partial charge in [-0.2, -0.15) is 4.98 Å². The van der Waals surface area contributed by atoms with Crippen molar-refractivity contribution in [3.05, 3.63) is 45.2 Å². The molecule has 0 saturated heterocycles. The van der Waals surface area contributed by atoms with Crippen molar-refractivity contribution in [3.8, 4) is 11.6 Å². The summed E-state index contributed by atoms with van der Waals surface area (Å²) in [7, 11) is 0. The van der Waals surface area contributed by atoms with Crippen LogP contribution in [0.3, 0.4) is 0 Å². The summed E-state index contributed by atoms with van der Waals surface area (Å²) >= 11 is 5.87. The Labute approximate surface area is 113 Å². The zero-order valence-electron chi connectivity index (χ0n) is 9.83. The zero-order valence-corrected chi connectivity index (χ0v) is 10.6. The minimum Gasteiger partial charge on any atom is -0.430 e. The number of nitro benzene ring substituents is 1. The second kappa shape index (κ2) is 5.07. The van der Waals surface area contributed by atoms with Crippen LogP contribution in [0.5, 0.6) is 11.6 Å². The number of aryl methyl sites for hydroxylation is 1. The van der Waals surface area contributed by atoms with Gasteiger partial charge < -0.3 is 10.5 Å². The van der Waals surface area contributed by atoms with Gasteiger partial charge in [0.25, 0.3) is 0 Å². The van der Waals surface area contributed by atoms with Crippen LogP contribution >= 0.6 is 11.6 Å². The number of rotatable bonds is 3. The zero-order chi connectivity index (χ0) is 14.0. The molecule has 98 valence electrons. The first-order valence-corrected chi connectivity index (χ1v) is 5.56. The summed E-state index contributed by atoms with van der Waals surface area (Å²) in [5.74, 6) is 0.0647. The number of nitrogens with two attached hydrogens (primary N) is 1. The molecule has 0 unspecified atom stereocenters. The van der Waals surface area contributed by atoms with E-state index in [4.69, 9.17) is 22.1 Å². The monoisotopic (exact) mass is 280 g/mol. The van der Waals surface area contributed by atoms with E-state index in [0.717, 1.165) is 6.33 Å². The molecule has 1 aromatic carbocycles. The molecule has 0 saturated carbocycles. The molecule has 0 aliphatic carbocycles. The number of benzene rings is 1. The molecule has 2 N–H and O–H groups in total. The fraction of sp³-hybridized carbons (Fsp3) is 0.0909. The van der Waals surface area contributed by atoms with E-state index >= 15 is 0 Å². The van der Waals surface area contributed by atoms with E-state index in [1.807, 2.05) is 0 Å². The number of ether oxygens (including phenoxy) is 1. The third-order valence-electron chi connectivity index (χ3n) is 2.37. The number of aromatic nitrogens is 2. The second-order valence-electron chi connectivity index (χ2n) is 3.66. The highest BCUT2D eigenvalue weighted by Gasteiger charge is 2.20. The summed E-state index contributed by atoms with van der Waals surface area (Å²) in [6, 6.07) is 4.71. The Morgan fingerprint density at radius 3 is 2.84 bits per heavy atom. The van der Waals surface area contributed by atoms with Crippen LogP contribution in [0.25, 0.3) is 0 Å². The molecule has 0 amide bonds. The molecule has 2 rings (SSSR count). The molecular formula is C11H9ClN4O3. The first-order chi connectivity index (χ1) is 9.00. The van der Waals surface area contributed by atoms with Crippen LogP contribution in [0.1, 0.15) is 5.56 Å². The van der Waals surface area contributed by atoms with Gasteiger partial charge in [0.2, 0.25) is 11.6 Å². The molecule has 1 aromatic heterocycles. The third kappa shape index (κ3) is 2.55. The molecule has 19 heavy (non-hydrogen) atoms. The summed E-state index contributed by atoms with van der Waals surface area (Å²) in [6.45, 7) is 1.61. The lowest BCUT2D eigenvalue weighted by atomic mass is 10.2. The molecule has 8 heteroatoms. The predicted molar refractivity (Wildman–Crippen MR) is 69.4 cm³/mol. The molecular weight excluding hydrogens is 272 g/mol. The van der Waals surface area contributed by atoms with Gasteiger partial charge in [-0.15, -0.1) is 0 Å². The Hall–Kier alpha value is -2.41. The van der Waals surface area contributed by atoms with Crippen LogP contribution in [0.15, 0.2) is 24.5 Å². The molecule has 0 atom stereocenters. The molecule has 2 aromatic rings. The van der Waals surface area contributed by atoms with E-state index in [2.05, 4.69) is 9.97 Å². The van der Waals surface area contributed by atoms with Crippen LogP contribution in [-0.4, -0.2) is 14.9 Å². The second-order valence-corrected chi connectivity index (χ2v) is 4.04. The summed E-state index contributed by atoms with van der Waals surface area (Å²) in [6.07, 6.45) is 1.16. The summed E-state index contributed by atoms with van der Waals surface area (Å²) in [5, 5.41) is 11.0. The van der Waals surface area contributed by atoms with Gasteiger partial charge in [-0.05, 0) is 13.0 Å². The molecule has 0 aliphatic rings. The average molecular weight is 281 g/mol. The van der Waals surface area contributed by atoms with Crippen LogP contribution in [0.2, 0.25) is 5.02 Å². The van der Waals surface area contributed by atoms with Crippen LogP contribution in [0, 0.1) is 17.0 Å². The average Bonchev–Trinajstić information content (AvgIpc) is 2.34. The maximum atomic E-state index is 11.0. The Morgan fingerprint density at radius 1 is 1.42 bits per heavy atom. The third-order valence-corrected chi connectivity index (χ3v) is 2.73. The fourth-order valence-corrected chi connectivity index (χ4v) is 1.63. The highest BCUT2D eigenvalue weighted by molar-refractivity contribution is 6.34. The fourth-order valence-electron chi connectivity index (χ4n) is 1.49. The van der Waals surface area contributed by atoms with Gasteiger partial charge in [0.05, 0.1) is 4.92 Å². The normalized spacial score (nSPS) is 10.2. The Balaban J connectivity index is 2.47. The SMILES string of the molecule is Cc1cccc(Oc2ncnc(N)c2Cl)c1[N+](=O)[O-]. The molecule has 0 spiro atoms. The predicted octanol–water partition coefficient (Wildman–Crippen LogP) is 2.72. The van der Waals surface area contributed by atoms with Crippen LogP contribution < -0.4 is 10.5 Å². The standard InChI is InChI=1S/C11H9ClN4O3/c1-6-3-2-4-7(9(6)16(17)18)19-11-8(12)10(13)14-5-15-11/h2-5H,1H3,(H2,13,14,15). The van der Waals surface area contributed by atoms with Crippen molar-refractivity contribution in [2.75, 3.05) is 5.73 Å². The number of hydrogen-bond donors (Lipinski definition) is 1. The molecule has 0 fully saturated rings. The Kier molecular flexibility index (Phi) is 3.48.